The zero-order valence-electron chi connectivity index (χ0n) is 14.7. The van der Waals surface area contributed by atoms with Crippen molar-refractivity contribution in [1.82, 2.24) is 20.0 Å². The maximum atomic E-state index is 6.06. The predicted molar refractivity (Wildman–Crippen MR) is 96.8 cm³/mol. The molecule has 0 unspecified atom stereocenters. The zero-order chi connectivity index (χ0) is 18.1. The van der Waals surface area contributed by atoms with Crippen molar-refractivity contribution in [2.75, 3.05) is 13.2 Å². The standard InChI is InChI=1S/C20H20N4O3/c1-2-6-14(7-3-1)11-25-18-13-27-19-17(12-26-20(18)19)24-10-16(22-23-24)15-8-4-5-9-21-15/h1-10,17-20H,11-13H2/t17-,18+,19+,20+/m0/s1. The Hall–Kier alpha value is -2.61. The normalized spacial score (nSPS) is 27.0. The minimum atomic E-state index is -0.0822. The molecule has 0 aliphatic carbocycles. The number of ether oxygens (including phenoxy) is 3. The predicted octanol–water partition coefficient (Wildman–Crippen LogP) is 2.26. The molecule has 7 heteroatoms. The quantitative estimate of drug-likeness (QED) is 0.692. The lowest BCUT2D eigenvalue weighted by molar-refractivity contribution is -0.0399. The molecule has 0 N–H and O–H groups in total. The van der Waals surface area contributed by atoms with E-state index in [4.69, 9.17) is 14.2 Å². The number of aromatic nitrogens is 4. The van der Waals surface area contributed by atoms with Crippen LogP contribution >= 0.6 is 0 Å². The first kappa shape index (κ1) is 16.6. The molecule has 138 valence electrons. The molecule has 2 fully saturated rings. The van der Waals surface area contributed by atoms with Crippen LogP contribution in [0.1, 0.15) is 11.6 Å². The smallest absolute Gasteiger partial charge is 0.131 e. The second-order valence-electron chi connectivity index (χ2n) is 6.80. The molecule has 0 saturated carbocycles. The van der Waals surface area contributed by atoms with Gasteiger partial charge in [-0.05, 0) is 17.7 Å². The summed E-state index contributed by atoms with van der Waals surface area (Å²) in [5, 5.41) is 8.53. The molecule has 2 aliphatic heterocycles. The van der Waals surface area contributed by atoms with Gasteiger partial charge in [-0.25, -0.2) is 4.68 Å². The Morgan fingerprint density at radius 1 is 0.963 bits per heavy atom. The van der Waals surface area contributed by atoms with Gasteiger partial charge in [-0.3, -0.25) is 4.98 Å². The number of nitrogens with zero attached hydrogens (tertiary/aromatic N) is 4. The second kappa shape index (κ2) is 7.19. The van der Waals surface area contributed by atoms with Gasteiger partial charge in [0.2, 0.25) is 0 Å². The molecule has 2 aromatic heterocycles. The van der Waals surface area contributed by atoms with E-state index in [9.17, 15) is 0 Å². The molecule has 1 aromatic carbocycles. The molecule has 0 bridgehead atoms. The first-order chi connectivity index (χ1) is 13.4. The van der Waals surface area contributed by atoms with E-state index in [1.807, 2.05) is 47.3 Å². The van der Waals surface area contributed by atoms with Gasteiger partial charge >= 0.3 is 0 Å². The maximum absolute atomic E-state index is 6.06. The molecule has 27 heavy (non-hydrogen) atoms. The number of benzene rings is 1. The minimum Gasteiger partial charge on any atom is -0.370 e. The fourth-order valence-corrected chi connectivity index (χ4v) is 3.66. The summed E-state index contributed by atoms with van der Waals surface area (Å²) in [4.78, 5) is 4.32. The highest BCUT2D eigenvalue weighted by molar-refractivity contribution is 5.51. The van der Waals surface area contributed by atoms with E-state index in [1.54, 1.807) is 6.20 Å². The lowest BCUT2D eigenvalue weighted by Gasteiger charge is -2.17. The SMILES string of the molecule is c1ccc(CO[C@@H]2CO[C@H]3[C@@H]2OC[C@@H]3n2cc(-c3ccccn3)nn2)cc1. The van der Waals surface area contributed by atoms with Crippen molar-refractivity contribution in [3.63, 3.8) is 0 Å². The van der Waals surface area contributed by atoms with Gasteiger partial charge in [0.15, 0.2) is 0 Å². The third-order valence-electron chi connectivity index (χ3n) is 5.07. The lowest BCUT2D eigenvalue weighted by atomic mass is 10.1. The Morgan fingerprint density at radius 3 is 2.67 bits per heavy atom. The van der Waals surface area contributed by atoms with Crippen LogP contribution in [-0.4, -0.2) is 51.5 Å². The van der Waals surface area contributed by atoms with Crippen LogP contribution in [0.3, 0.4) is 0 Å². The summed E-state index contributed by atoms with van der Waals surface area (Å²) in [5.41, 5.74) is 2.69. The van der Waals surface area contributed by atoms with Crippen LogP contribution in [0.5, 0.6) is 0 Å². The van der Waals surface area contributed by atoms with Gasteiger partial charge in [-0.15, -0.1) is 5.10 Å². The van der Waals surface area contributed by atoms with Gasteiger partial charge in [-0.2, -0.15) is 0 Å². The zero-order valence-corrected chi connectivity index (χ0v) is 14.7. The van der Waals surface area contributed by atoms with Gasteiger partial charge in [0.1, 0.15) is 30.0 Å². The summed E-state index contributed by atoms with van der Waals surface area (Å²) in [6.45, 7) is 1.62. The Morgan fingerprint density at radius 2 is 1.81 bits per heavy atom. The molecule has 2 saturated heterocycles. The van der Waals surface area contributed by atoms with Gasteiger partial charge in [0, 0.05) is 6.20 Å². The van der Waals surface area contributed by atoms with E-state index in [2.05, 4.69) is 27.4 Å². The first-order valence-corrected chi connectivity index (χ1v) is 9.10. The summed E-state index contributed by atoms with van der Waals surface area (Å²) < 4.78 is 19.9. The van der Waals surface area contributed by atoms with Crippen LogP contribution in [0.25, 0.3) is 11.4 Å². The Bertz CT molecular complexity index is 887. The molecular formula is C20H20N4O3. The van der Waals surface area contributed by atoms with Crippen LogP contribution < -0.4 is 0 Å². The molecule has 7 nitrogen and oxygen atoms in total. The van der Waals surface area contributed by atoms with E-state index in [0.717, 1.165) is 17.0 Å². The van der Waals surface area contributed by atoms with E-state index in [0.29, 0.717) is 19.8 Å². The fourth-order valence-electron chi connectivity index (χ4n) is 3.66. The maximum Gasteiger partial charge on any atom is 0.131 e. The molecule has 4 heterocycles. The highest BCUT2D eigenvalue weighted by Crippen LogP contribution is 2.35. The molecule has 0 amide bonds. The number of rotatable bonds is 5. The topological polar surface area (TPSA) is 71.3 Å². The summed E-state index contributed by atoms with van der Waals surface area (Å²) in [7, 11) is 0. The minimum absolute atomic E-state index is 0.00899. The van der Waals surface area contributed by atoms with Crippen molar-refractivity contribution >= 4 is 0 Å². The van der Waals surface area contributed by atoms with Crippen molar-refractivity contribution in [1.29, 1.82) is 0 Å². The van der Waals surface area contributed by atoms with Crippen molar-refractivity contribution in [2.45, 2.75) is 31.0 Å². The van der Waals surface area contributed by atoms with Crippen LogP contribution in [0, 0.1) is 0 Å². The molecule has 4 atom stereocenters. The van der Waals surface area contributed by atoms with E-state index in [-0.39, 0.29) is 24.4 Å². The van der Waals surface area contributed by atoms with Gasteiger partial charge in [-0.1, -0.05) is 41.6 Å². The largest absolute Gasteiger partial charge is 0.370 e. The third-order valence-corrected chi connectivity index (χ3v) is 5.07. The number of hydrogen-bond acceptors (Lipinski definition) is 6. The Labute approximate surface area is 156 Å². The van der Waals surface area contributed by atoms with E-state index >= 15 is 0 Å². The Balaban J connectivity index is 1.26. The average molecular weight is 364 g/mol. The van der Waals surface area contributed by atoms with Crippen molar-refractivity contribution in [3.05, 3.63) is 66.5 Å². The van der Waals surface area contributed by atoms with Crippen LogP contribution in [-0.2, 0) is 20.8 Å². The van der Waals surface area contributed by atoms with Crippen molar-refractivity contribution in [2.24, 2.45) is 0 Å². The molecule has 3 aromatic rings. The highest BCUT2D eigenvalue weighted by atomic mass is 16.6. The molecule has 5 rings (SSSR count). The summed E-state index contributed by atoms with van der Waals surface area (Å²) in [6, 6.07) is 15.9. The van der Waals surface area contributed by atoms with Crippen LogP contribution in [0.4, 0.5) is 0 Å². The summed E-state index contributed by atoms with van der Waals surface area (Å²) in [6.07, 6.45) is 3.42. The van der Waals surface area contributed by atoms with Crippen molar-refractivity contribution in [3.8, 4) is 11.4 Å². The first-order valence-electron chi connectivity index (χ1n) is 9.10. The monoisotopic (exact) mass is 364 g/mol. The van der Waals surface area contributed by atoms with Gasteiger partial charge < -0.3 is 14.2 Å². The molecule has 0 radical (unpaired) electrons. The molecular weight excluding hydrogens is 344 g/mol. The number of fused-ring (bicyclic) bond motifs is 1. The summed E-state index contributed by atoms with van der Waals surface area (Å²) >= 11 is 0. The second-order valence-corrected chi connectivity index (χ2v) is 6.80. The average Bonchev–Trinajstić information content (AvgIpc) is 3.44. The van der Waals surface area contributed by atoms with Gasteiger partial charge in [0.05, 0.1) is 31.7 Å². The highest BCUT2D eigenvalue weighted by Gasteiger charge is 2.49. The van der Waals surface area contributed by atoms with Crippen molar-refractivity contribution < 1.29 is 14.2 Å². The van der Waals surface area contributed by atoms with E-state index < -0.39 is 0 Å². The number of pyridine rings is 1. The molecule has 0 spiro atoms. The number of hydrogen-bond donors (Lipinski definition) is 0. The Kier molecular flexibility index (Phi) is 4.41. The van der Waals surface area contributed by atoms with Crippen LogP contribution in [0.15, 0.2) is 60.9 Å². The summed E-state index contributed by atoms with van der Waals surface area (Å²) in [5.74, 6) is 0. The van der Waals surface area contributed by atoms with E-state index in [1.165, 1.54) is 0 Å². The fraction of sp³-hybridized carbons (Fsp3) is 0.350. The lowest BCUT2D eigenvalue weighted by Crippen LogP contribution is -2.32. The van der Waals surface area contributed by atoms with Gasteiger partial charge in [0.25, 0.3) is 0 Å². The van der Waals surface area contributed by atoms with Crippen LogP contribution in [0.2, 0.25) is 0 Å². The third kappa shape index (κ3) is 3.25. The molecule has 2 aliphatic rings.